The van der Waals surface area contributed by atoms with Crippen molar-refractivity contribution in [1.29, 1.82) is 0 Å². The van der Waals surface area contributed by atoms with Crippen LogP contribution >= 0.6 is 0 Å². The molecule has 0 aliphatic carbocycles. The van der Waals surface area contributed by atoms with Crippen molar-refractivity contribution in [3.8, 4) is 0 Å². The Morgan fingerprint density at radius 1 is 1.19 bits per heavy atom. The predicted octanol–water partition coefficient (Wildman–Crippen LogP) is -2.62. The van der Waals surface area contributed by atoms with Crippen molar-refractivity contribution in [2.75, 3.05) is 5.73 Å². The third kappa shape index (κ3) is 2.57. The number of anilines is 1. The van der Waals surface area contributed by atoms with Crippen molar-refractivity contribution in [2.24, 2.45) is 32.3 Å². The lowest BCUT2D eigenvalue weighted by Crippen LogP contribution is -2.27. The molecule has 0 aromatic carbocycles. The second-order valence-corrected chi connectivity index (χ2v) is 2.43. The summed E-state index contributed by atoms with van der Waals surface area (Å²) >= 11 is 0. The van der Waals surface area contributed by atoms with E-state index in [1.807, 2.05) is 0 Å². The second kappa shape index (κ2) is 4.59. The van der Waals surface area contributed by atoms with Gasteiger partial charge in [0.2, 0.25) is 11.8 Å². The zero-order valence-electron chi connectivity index (χ0n) is 7.90. The van der Waals surface area contributed by atoms with Crippen LogP contribution in [0.25, 0.3) is 0 Å². The number of aromatic nitrogens is 2. The molecule has 0 spiro atoms. The van der Waals surface area contributed by atoms with Gasteiger partial charge in [0, 0.05) is 0 Å². The molecule has 1 heterocycles. The first kappa shape index (κ1) is 11.2. The quantitative estimate of drug-likeness (QED) is 0.148. The van der Waals surface area contributed by atoms with Gasteiger partial charge < -0.3 is 28.1 Å². The highest BCUT2D eigenvalue weighted by Gasteiger charge is 2.14. The molecule has 0 unspecified atom stereocenters. The molecule has 16 heavy (non-hydrogen) atoms. The van der Waals surface area contributed by atoms with Gasteiger partial charge in [-0.05, 0) is 10.3 Å². The molecular formula is C5H9N9O2. The Kier molecular flexibility index (Phi) is 3.22. The van der Waals surface area contributed by atoms with Gasteiger partial charge in [-0.15, -0.1) is 0 Å². The Bertz CT molecular complexity index is 454. The Hall–Kier alpha value is -2.85. The van der Waals surface area contributed by atoms with Gasteiger partial charge in [0.15, 0.2) is 17.5 Å². The van der Waals surface area contributed by atoms with E-state index in [1.165, 1.54) is 0 Å². The number of amidine groups is 1. The molecule has 0 aliphatic rings. The summed E-state index contributed by atoms with van der Waals surface area (Å²) in [6.07, 6.45) is 0. The Morgan fingerprint density at radius 2 is 1.88 bits per heavy atom. The maximum atomic E-state index is 8.65. The van der Waals surface area contributed by atoms with Crippen LogP contribution < -0.4 is 22.9 Å². The third-order valence-electron chi connectivity index (χ3n) is 1.28. The normalized spacial score (nSPS) is 12.5. The minimum absolute atomic E-state index is 0.0868. The lowest BCUT2D eigenvalue weighted by atomic mass is 10.4. The first-order valence-electron chi connectivity index (χ1n) is 3.79. The van der Waals surface area contributed by atoms with Crippen molar-refractivity contribution in [3.05, 3.63) is 5.69 Å². The Labute approximate surface area is 88.5 Å². The molecule has 86 valence electrons. The number of nitrogens with two attached hydrogens (primary N) is 4. The van der Waals surface area contributed by atoms with Gasteiger partial charge in [0.1, 0.15) is 0 Å². The van der Waals surface area contributed by atoms with Crippen molar-refractivity contribution in [1.82, 2.24) is 10.3 Å². The molecule has 0 saturated carbocycles. The molecule has 0 aliphatic heterocycles. The van der Waals surface area contributed by atoms with Crippen molar-refractivity contribution >= 4 is 23.6 Å². The van der Waals surface area contributed by atoms with E-state index >= 15 is 0 Å². The maximum absolute atomic E-state index is 8.65. The zero-order chi connectivity index (χ0) is 12.1. The van der Waals surface area contributed by atoms with E-state index in [4.69, 9.17) is 28.1 Å². The molecule has 0 bridgehead atoms. The second-order valence-electron chi connectivity index (χ2n) is 2.43. The smallest absolute Gasteiger partial charge is 0.227 e. The van der Waals surface area contributed by atoms with Gasteiger partial charge in [-0.1, -0.05) is 5.16 Å². The van der Waals surface area contributed by atoms with Gasteiger partial charge >= 0.3 is 0 Å². The fraction of sp³-hybridized carbons (Fsp3) is 0. The molecular weight excluding hydrogens is 218 g/mol. The van der Waals surface area contributed by atoms with Gasteiger partial charge in [-0.25, -0.2) is 4.63 Å². The zero-order valence-corrected chi connectivity index (χ0v) is 7.90. The predicted molar refractivity (Wildman–Crippen MR) is 54.5 cm³/mol. The van der Waals surface area contributed by atoms with Crippen LogP contribution in [-0.2, 0) is 0 Å². The SMILES string of the molecule is NC(N)=NC(N)=NC(=NO)c1nonc1N. The van der Waals surface area contributed by atoms with E-state index in [9.17, 15) is 0 Å². The summed E-state index contributed by atoms with van der Waals surface area (Å²) in [6, 6.07) is 0. The van der Waals surface area contributed by atoms with E-state index in [2.05, 4.69) is 30.1 Å². The molecule has 1 aromatic rings. The van der Waals surface area contributed by atoms with E-state index in [1.54, 1.807) is 0 Å². The number of nitrogen functional groups attached to an aromatic ring is 1. The van der Waals surface area contributed by atoms with Crippen LogP contribution in [0.2, 0.25) is 0 Å². The molecule has 9 N–H and O–H groups in total. The molecule has 0 atom stereocenters. The summed E-state index contributed by atoms with van der Waals surface area (Å²) < 4.78 is 4.28. The monoisotopic (exact) mass is 227 g/mol. The summed E-state index contributed by atoms with van der Waals surface area (Å²) in [4.78, 5) is 6.94. The van der Waals surface area contributed by atoms with E-state index < -0.39 is 0 Å². The first-order chi connectivity index (χ1) is 7.54. The highest BCUT2D eigenvalue weighted by atomic mass is 16.6. The fourth-order valence-electron chi connectivity index (χ4n) is 0.739. The van der Waals surface area contributed by atoms with Crippen LogP contribution in [-0.4, -0.2) is 33.3 Å². The van der Waals surface area contributed by atoms with Crippen LogP contribution in [0.5, 0.6) is 0 Å². The summed E-state index contributed by atoms with van der Waals surface area (Å²) in [7, 11) is 0. The number of oxime groups is 1. The number of nitrogens with zero attached hydrogens (tertiary/aromatic N) is 5. The van der Waals surface area contributed by atoms with Crippen LogP contribution in [0.4, 0.5) is 5.82 Å². The summed E-state index contributed by atoms with van der Waals surface area (Å²) in [5.74, 6) is -1.09. The Morgan fingerprint density at radius 3 is 2.31 bits per heavy atom. The van der Waals surface area contributed by atoms with Crippen molar-refractivity contribution in [3.63, 3.8) is 0 Å². The standard InChI is InChI=1S/C5H9N9O2/c6-2-1(13-16-14-2)3(12-15)10-5(9)11-4(7)8/h15H,(H2,6,14)(H6,7,8,9,10,11,12). The average molecular weight is 227 g/mol. The first-order valence-corrected chi connectivity index (χ1v) is 3.79. The number of hydrogen-bond donors (Lipinski definition) is 5. The highest BCUT2D eigenvalue weighted by molar-refractivity contribution is 6.08. The summed E-state index contributed by atoms with van der Waals surface area (Å²) in [6.45, 7) is 0. The molecule has 11 nitrogen and oxygen atoms in total. The topological polar surface area (TPSA) is 200 Å². The molecule has 0 fully saturated rings. The van der Waals surface area contributed by atoms with Gasteiger partial charge in [-0.2, -0.15) is 9.98 Å². The number of rotatable bonds is 1. The minimum Gasteiger partial charge on any atom is -0.409 e. The van der Waals surface area contributed by atoms with Crippen LogP contribution in [0.3, 0.4) is 0 Å². The van der Waals surface area contributed by atoms with Crippen LogP contribution in [0.15, 0.2) is 19.8 Å². The van der Waals surface area contributed by atoms with Gasteiger partial charge in [0.05, 0.1) is 0 Å². The summed E-state index contributed by atoms with van der Waals surface area (Å²) in [5.41, 5.74) is 20.7. The molecule has 0 amide bonds. The highest BCUT2D eigenvalue weighted by Crippen LogP contribution is 2.06. The fourth-order valence-corrected chi connectivity index (χ4v) is 0.739. The van der Waals surface area contributed by atoms with E-state index in [-0.39, 0.29) is 29.3 Å². The maximum Gasteiger partial charge on any atom is 0.227 e. The molecule has 1 rings (SSSR count). The minimum atomic E-state index is -0.338. The van der Waals surface area contributed by atoms with Gasteiger partial charge in [0.25, 0.3) is 0 Å². The third-order valence-corrected chi connectivity index (χ3v) is 1.28. The Balaban J connectivity index is 3.04. The molecule has 11 heteroatoms. The van der Waals surface area contributed by atoms with Crippen LogP contribution in [0.1, 0.15) is 5.69 Å². The van der Waals surface area contributed by atoms with Crippen molar-refractivity contribution in [2.45, 2.75) is 0 Å². The molecule has 0 saturated heterocycles. The summed E-state index contributed by atoms with van der Waals surface area (Å²) in [5, 5.41) is 18.1. The average Bonchev–Trinajstić information content (AvgIpc) is 2.60. The van der Waals surface area contributed by atoms with Gasteiger partial charge in [-0.3, -0.25) is 0 Å². The largest absolute Gasteiger partial charge is 0.409 e. The molecule has 1 aromatic heterocycles. The van der Waals surface area contributed by atoms with Crippen molar-refractivity contribution < 1.29 is 9.84 Å². The molecule has 0 radical (unpaired) electrons. The lowest BCUT2D eigenvalue weighted by Gasteiger charge is -1.95. The number of aliphatic imine (C=N–C) groups is 2. The number of guanidine groups is 2. The van der Waals surface area contributed by atoms with Crippen LogP contribution in [0, 0.1) is 0 Å². The van der Waals surface area contributed by atoms with E-state index in [0.717, 1.165) is 0 Å². The lowest BCUT2D eigenvalue weighted by molar-refractivity contribution is 0.305. The number of hydrogen-bond acceptors (Lipinski definition) is 6. The van der Waals surface area contributed by atoms with E-state index in [0.29, 0.717) is 0 Å².